The van der Waals surface area contributed by atoms with Gasteiger partial charge in [0.1, 0.15) is 5.69 Å². The number of nitriles is 1. The number of carbonyl (C=O) groups is 2. The van der Waals surface area contributed by atoms with Gasteiger partial charge in [-0.2, -0.15) is 23.5 Å². The van der Waals surface area contributed by atoms with Crippen LogP contribution in [-0.4, -0.2) is 33.1 Å². The van der Waals surface area contributed by atoms with Crippen molar-refractivity contribution in [2.45, 2.75) is 12.6 Å². The summed E-state index contributed by atoms with van der Waals surface area (Å²) in [6, 6.07) is 13.5. The number of rotatable bonds is 6. The molecule has 2 aromatic carbocycles. The van der Waals surface area contributed by atoms with Crippen molar-refractivity contribution in [1.29, 1.82) is 5.26 Å². The number of anilines is 1. The fourth-order valence-electron chi connectivity index (χ4n) is 3.49. The average Bonchev–Trinajstić information content (AvgIpc) is 3.32. The third-order valence-corrected chi connectivity index (χ3v) is 5.85. The summed E-state index contributed by atoms with van der Waals surface area (Å²) >= 11 is 12.7. The van der Waals surface area contributed by atoms with Crippen LogP contribution in [0.4, 0.5) is 18.9 Å². The molecule has 0 saturated heterocycles. The van der Waals surface area contributed by atoms with E-state index in [4.69, 9.17) is 28.5 Å². The molecule has 0 spiro atoms. The highest BCUT2D eigenvalue weighted by Gasteiger charge is 2.37. The summed E-state index contributed by atoms with van der Waals surface area (Å²) in [4.78, 5) is 30.2. The van der Waals surface area contributed by atoms with Gasteiger partial charge in [-0.15, -0.1) is 0 Å². The number of amides is 2. The van der Waals surface area contributed by atoms with Crippen LogP contribution in [0.3, 0.4) is 0 Å². The van der Waals surface area contributed by atoms with Gasteiger partial charge in [0.05, 0.1) is 33.8 Å². The molecule has 0 fully saturated rings. The van der Waals surface area contributed by atoms with Gasteiger partial charge >= 0.3 is 6.18 Å². The zero-order chi connectivity index (χ0) is 26.7. The van der Waals surface area contributed by atoms with Crippen LogP contribution in [0.15, 0.2) is 54.7 Å². The van der Waals surface area contributed by atoms with Crippen LogP contribution < -0.4 is 10.6 Å². The topological polar surface area (TPSA) is 113 Å². The molecule has 0 atom stereocenters. The minimum Gasteiger partial charge on any atom is -0.351 e. The number of alkyl halides is 3. The first-order chi connectivity index (χ1) is 17.6. The van der Waals surface area contributed by atoms with E-state index in [9.17, 15) is 22.8 Å². The summed E-state index contributed by atoms with van der Waals surface area (Å²) in [6.07, 6.45) is -3.55. The van der Waals surface area contributed by atoms with Crippen LogP contribution in [0.5, 0.6) is 0 Å². The SMILES string of the molecule is N#CCCNC(=O)c1cc2ccccc2c(Cl)c1NC(=O)c1cc(C(F)(F)F)nn1-c1ncccc1Cl. The lowest BCUT2D eigenvalue weighted by molar-refractivity contribution is -0.141. The van der Waals surface area contributed by atoms with Crippen LogP contribution in [0.2, 0.25) is 10.0 Å². The molecule has 2 heterocycles. The van der Waals surface area contributed by atoms with Gasteiger partial charge < -0.3 is 10.6 Å². The standard InChI is InChI=1S/C24H15Cl2F3N6O2/c25-16-7-3-9-31-21(16)35-17(12-18(34-35)24(27,28)29)23(37)33-20-15(22(36)32-10-4-8-30)11-13-5-1-2-6-14(13)19(20)26/h1-3,5-7,9,11-12H,4,10H2,(H,32,36)(H,33,37). The van der Waals surface area contributed by atoms with E-state index in [1.165, 1.54) is 24.4 Å². The average molecular weight is 547 g/mol. The molecule has 0 aliphatic carbocycles. The predicted molar refractivity (Wildman–Crippen MR) is 131 cm³/mol. The van der Waals surface area contributed by atoms with Crippen molar-refractivity contribution >= 4 is 51.5 Å². The highest BCUT2D eigenvalue weighted by molar-refractivity contribution is 6.40. The molecular formula is C24H15Cl2F3N6O2. The number of hydrogen-bond acceptors (Lipinski definition) is 5. The number of halogens is 5. The first-order valence-electron chi connectivity index (χ1n) is 10.6. The number of carbonyl (C=O) groups excluding carboxylic acids is 2. The largest absolute Gasteiger partial charge is 0.435 e. The monoisotopic (exact) mass is 546 g/mol. The number of benzene rings is 2. The molecule has 188 valence electrons. The Morgan fingerprint density at radius 2 is 1.84 bits per heavy atom. The van der Waals surface area contributed by atoms with Crippen molar-refractivity contribution in [2.75, 3.05) is 11.9 Å². The fourth-order valence-corrected chi connectivity index (χ4v) is 4.01. The molecule has 8 nitrogen and oxygen atoms in total. The number of aromatic nitrogens is 3. The first kappa shape index (κ1) is 25.9. The highest BCUT2D eigenvalue weighted by atomic mass is 35.5. The maximum atomic E-state index is 13.5. The lowest BCUT2D eigenvalue weighted by Crippen LogP contribution is -2.26. The van der Waals surface area contributed by atoms with E-state index >= 15 is 0 Å². The van der Waals surface area contributed by atoms with E-state index in [1.807, 2.05) is 6.07 Å². The van der Waals surface area contributed by atoms with Crippen LogP contribution in [-0.2, 0) is 6.18 Å². The summed E-state index contributed by atoms with van der Waals surface area (Å²) in [5.41, 5.74) is -2.08. The summed E-state index contributed by atoms with van der Waals surface area (Å²) in [5, 5.41) is 18.3. The van der Waals surface area contributed by atoms with E-state index in [0.29, 0.717) is 21.5 Å². The minimum atomic E-state index is -4.87. The normalized spacial score (nSPS) is 11.2. The molecule has 4 rings (SSSR count). The number of nitrogens with one attached hydrogen (secondary N) is 2. The number of hydrogen-bond donors (Lipinski definition) is 2. The summed E-state index contributed by atoms with van der Waals surface area (Å²) in [6.45, 7) is 0.0348. The Kier molecular flexibility index (Phi) is 7.33. The Labute approximate surface area is 217 Å². The van der Waals surface area contributed by atoms with Gasteiger partial charge in [0, 0.05) is 24.2 Å². The van der Waals surface area contributed by atoms with Gasteiger partial charge in [-0.3, -0.25) is 9.59 Å². The van der Waals surface area contributed by atoms with Gasteiger partial charge in [0.25, 0.3) is 11.8 Å². The molecule has 2 amide bonds. The van der Waals surface area contributed by atoms with E-state index in [2.05, 4.69) is 20.7 Å². The second kappa shape index (κ2) is 10.5. The number of nitrogens with zero attached hydrogens (tertiary/aromatic N) is 4. The predicted octanol–water partition coefficient (Wildman–Crippen LogP) is 5.64. The molecule has 0 aliphatic heterocycles. The highest BCUT2D eigenvalue weighted by Crippen LogP contribution is 2.36. The van der Waals surface area contributed by atoms with Crippen LogP contribution in [0, 0.1) is 11.3 Å². The lowest BCUT2D eigenvalue weighted by atomic mass is 10.0. The van der Waals surface area contributed by atoms with E-state index in [-0.39, 0.29) is 40.1 Å². The lowest BCUT2D eigenvalue weighted by Gasteiger charge is -2.16. The van der Waals surface area contributed by atoms with E-state index in [0.717, 1.165) is 0 Å². The quantitative estimate of drug-likeness (QED) is 0.304. The Bertz CT molecular complexity index is 1560. The molecule has 2 N–H and O–H groups in total. The molecule has 13 heteroatoms. The van der Waals surface area contributed by atoms with Crippen molar-refractivity contribution in [3.63, 3.8) is 0 Å². The molecule has 0 radical (unpaired) electrons. The fraction of sp³-hybridized carbons (Fsp3) is 0.125. The Hall–Kier alpha value is -4.14. The van der Waals surface area contributed by atoms with Gasteiger partial charge in [-0.25, -0.2) is 9.67 Å². The third kappa shape index (κ3) is 5.35. The van der Waals surface area contributed by atoms with Crippen molar-refractivity contribution in [3.8, 4) is 11.9 Å². The number of pyridine rings is 1. The molecule has 2 aromatic heterocycles. The van der Waals surface area contributed by atoms with Crippen molar-refractivity contribution in [3.05, 3.63) is 81.7 Å². The van der Waals surface area contributed by atoms with Gasteiger partial charge in [-0.1, -0.05) is 47.5 Å². The van der Waals surface area contributed by atoms with Gasteiger partial charge in [-0.05, 0) is 23.6 Å². The second-order valence-corrected chi connectivity index (χ2v) is 8.37. The molecular weight excluding hydrogens is 532 g/mol. The smallest absolute Gasteiger partial charge is 0.351 e. The maximum Gasteiger partial charge on any atom is 0.435 e. The van der Waals surface area contributed by atoms with Crippen molar-refractivity contribution in [2.24, 2.45) is 0 Å². The zero-order valence-electron chi connectivity index (χ0n) is 18.6. The third-order valence-electron chi connectivity index (χ3n) is 5.16. The molecule has 0 aliphatic rings. The zero-order valence-corrected chi connectivity index (χ0v) is 20.1. The van der Waals surface area contributed by atoms with Crippen molar-refractivity contribution < 1.29 is 22.8 Å². The first-order valence-corrected chi connectivity index (χ1v) is 11.3. The summed E-state index contributed by atoms with van der Waals surface area (Å²) < 4.78 is 41.1. The Balaban J connectivity index is 1.83. The van der Waals surface area contributed by atoms with Gasteiger partial charge in [0.15, 0.2) is 11.5 Å². The minimum absolute atomic E-state index is 0.00476. The molecule has 0 unspecified atom stereocenters. The van der Waals surface area contributed by atoms with Crippen LogP contribution in [0.1, 0.15) is 33.0 Å². The van der Waals surface area contributed by atoms with Crippen molar-refractivity contribution in [1.82, 2.24) is 20.1 Å². The number of fused-ring (bicyclic) bond motifs is 1. The second-order valence-electron chi connectivity index (χ2n) is 7.59. The Morgan fingerprint density at radius 3 is 2.54 bits per heavy atom. The van der Waals surface area contributed by atoms with Crippen LogP contribution in [0.25, 0.3) is 16.6 Å². The van der Waals surface area contributed by atoms with Crippen LogP contribution >= 0.6 is 23.2 Å². The van der Waals surface area contributed by atoms with Gasteiger partial charge in [0.2, 0.25) is 0 Å². The van der Waals surface area contributed by atoms with E-state index < -0.39 is 29.4 Å². The molecule has 37 heavy (non-hydrogen) atoms. The van der Waals surface area contributed by atoms with E-state index in [1.54, 1.807) is 24.3 Å². The maximum absolute atomic E-state index is 13.5. The molecule has 0 bridgehead atoms. The molecule has 4 aromatic rings. The Morgan fingerprint density at radius 1 is 1.08 bits per heavy atom. The summed E-state index contributed by atoms with van der Waals surface area (Å²) in [5.74, 6) is -1.90. The summed E-state index contributed by atoms with van der Waals surface area (Å²) in [7, 11) is 0. The molecule has 0 saturated carbocycles.